The van der Waals surface area contributed by atoms with Crippen molar-refractivity contribution in [1.82, 2.24) is 24.8 Å². The van der Waals surface area contributed by atoms with E-state index >= 15 is 0 Å². The summed E-state index contributed by atoms with van der Waals surface area (Å²) in [5, 5.41) is 0.285. The molecule has 0 aromatic carbocycles. The fraction of sp³-hybridized carbons (Fsp3) is 0.0625. The van der Waals surface area contributed by atoms with Crippen molar-refractivity contribution in [3.63, 3.8) is 0 Å². The Balaban J connectivity index is 1.66. The average Bonchev–Trinajstić information content (AvgIpc) is 3.08. The van der Waals surface area contributed by atoms with Crippen molar-refractivity contribution < 1.29 is 9.59 Å². The number of carbonyl (C=O) groups excluding carboxylic acids is 2. The monoisotopic (exact) mass is 421 g/mol. The van der Waals surface area contributed by atoms with Crippen molar-refractivity contribution in [3.8, 4) is 0 Å². The van der Waals surface area contributed by atoms with Gasteiger partial charge in [-0.05, 0) is 40.2 Å². The molecule has 0 aliphatic carbocycles. The minimum absolute atomic E-state index is 0.285. The molecule has 0 spiro atoms. The minimum Gasteiger partial charge on any atom is -0.345 e. The van der Waals surface area contributed by atoms with Crippen molar-refractivity contribution >= 4 is 51.1 Å². The van der Waals surface area contributed by atoms with Gasteiger partial charge in [-0.25, -0.2) is 4.98 Å². The number of carbonyl (C=O) groups is 2. The summed E-state index contributed by atoms with van der Waals surface area (Å²) in [6, 6.07) is 7.13. The molecule has 3 heterocycles. The van der Waals surface area contributed by atoms with Gasteiger partial charge in [0.25, 0.3) is 11.8 Å². The zero-order chi connectivity index (χ0) is 18.0. The summed E-state index contributed by atoms with van der Waals surface area (Å²) < 4.78 is 4.17. The van der Waals surface area contributed by atoms with E-state index in [4.69, 9.17) is 11.6 Å². The smallest absolute Gasteiger partial charge is 0.286 e. The Labute approximate surface area is 156 Å². The van der Waals surface area contributed by atoms with Gasteiger partial charge in [-0.3, -0.25) is 24.8 Å². The summed E-state index contributed by atoms with van der Waals surface area (Å²) >= 11 is 9.37. The largest absolute Gasteiger partial charge is 0.345 e. The van der Waals surface area contributed by atoms with Crippen LogP contribution in [0.5, 0.6) is 0 Å². The molecule has 0 bridgehead atoms. The molecule has 0 aliphatic rings. The second kappa shape index (κ2) is 7.12. The summed E-state index contributed by atoms with van der Waals surface area (Å²) in [6.07, 6.45) is 6.33. The van der Waals surface area contributed by atoms with Gasteiger partial charge in [-0.1, -0.05) is 17.7 Å². The fourth-order valence-corrected chi connectivity index (χ4v) is 3.03. The van der Waals surface area contributed by atoms with E-state index in [9.17, 15) is 9.59 Å². The van der Waals surface area contributed by atoms with E-state index < -0.39 is 11.8 Å². The Morgan fingerprint density at radius 1 is 1.32 bits per heavy atom. The second-order valence-electron chi connectivity index (χ2n) is 5.15. The van der Waals surface area contributed by atoms with Crippen molar-refractivity contribution in [2.45, 2.75) is 0 Å². The maximum Gasteiger partial charge on any atom is 0.286 e. The van der Waals surface area contributed by atoms with Crippen LogP contribution >= 0.6 is 27.5 Å². The number of rotatable bonds is 3. The molecule has 0 atom stereocenters. The molecule has 0 saturated heterocycles. The van der Waals surface area contributed by atoms with Crippen LogP contribution in [0.25, 0.3) is 11.7 Å². The predicted octanol–water partition coefficient (Wildman–Crippen LogP) is 2.56. The van der Waals surface area contributed by atoms with Gasteiger partial charge in [0.15, 0.2) is 5.15 Å². The third kappa shape index (κ3) is 3.75. The number of halogens is 2. The summed E-state index contributed by atoms with van der Waals surface area (Å²) in [7, 11) is 1.73. The number of fused-ring (bicyclic) bond motifs is 1. The molecule has 25 heavy (non-hydrogen) atoms. The quantitative estimate of drug-likeness (QED) is 0.503. The van der Waals surface area contributed by atoms with Crippen LogP contribution in [0.15, 0.2) is 47.2 Å². The first-order chi connectivity index (χ1) is 12.0. The minimum atomic E-state index is -0.497. The molecule has 2 amide bonds. The molecule has 3 rings (SSSR count). The molecular weight excluding hydrogens is 410 g/mol. The third-order valence-corrected chi connectivity index (χ3v) is 4.13. The Bertz CT molecular complexity index is 992. The van der Waals surface area contributed by atoms with E-state index in [0.717, 1.165) is 4.47 Å². The lowest BCUT2D eigenvalue weighted by Crippen LogP contribution is -2.41. The summed E-state index contributed by atoms with van der Waals surface area (Å²) in [4.78, 5) is 28.1. The fourth-order valence-electron chi connectivity index (χ4n) is 2.26. The van der Waals surface area contributed by atoms with E-state index in [1.165, 1.54) is 12.2 Å². The molecule has 0 unspecified atom stereocenters. The molecule has 3 aromatic rings. The Morgan fingerprint density at radius 3 is 2.84 bits per heavy atom. The van der Waals surface area contributed by atoms with Crippen molar-refractivity contribution in [2.75, 3.05) is 0 Å². The lowest BCUT2D eigenvalue weighted by atomic mass is 10.4. The Morgan fingerprint density at radius 2 is 2.12 bits per heavy atom. The van der Waals surface area contributed by atoms with E-state index in [0.29, 0.717) is 17.0 Å². The van der Waals surface area contributed by atoms with Gasteiger partial charge in [-0.2, -0.15) is 0 Å². The van der Waals surface area contributed by atoms with Crippen LogP contribution < -0.4 is 10.9 Å². The first-order valence-corrected chi connectivity index (χ1v) is 8.35. The first-order valence-electron chi connectivity index (χ1n) is 7.18. The highest BCUT2D eigenvalue weighted by atomic mass is 79.9. The summed E-state index contributed by atoms with van der Waals surface area (Å²) in [5.41, 5.74) is 6.32. The van der Waals surface area contributed by atoms with Crippen LogP contribution in [0.1, 0.15) is 16.2 Å². The highest BCUT2D eigenvalue weighted by molar-refractivity contribution is 9.10. The number of hydrazine groups is 1. The second-order valence-corrected chi connectivity index (χ2v) is 6.42. The maximum atomic E-state index is 12.0. The van der Waals surface area contributed by atoms with Crippen LogP contribution in [-0.4, -0.2) is 25.8 Å². The molecule has 7 nitrogen and oxygen atoms in total. The highest BCUT2D eigenvalue weighted by Crippen LogP contribution is 2.18. The predicted molar refractivity (Wildman–Crippen MR) is 98.0 cm³/mol. The number of amides is 2. The van der Waals surface area contributed by atoms with Crippen LogP contribution in [-0.2, 0) is 11.8 Å². The number of nitrogens with one attached hydrogen (secondary N) is 2. The van der Waals surface area contributed by atoms with Gasteiger partial charge in [-0.15, -0.1) is 0 Å². The number of hydrogen-bond acceptors (Lipinski definition) is 3. The number of aromatic nitrogens is 3. The van der Waals surface area contributed by atoms with E-state index in [1.54, 1.807) is 34.5 Å². The zero-order valence-electron chi connectivity index (χ0n) is 13.0. The van der Waals surface area contributed by atoms with Gasteiger partial charge < -0.3 is 4.57 Å². The zero-order valence-corrected chi connectivity index (χ0v) is 15.4. The number of imidazole rings is 1. The molecule has 9 heteroatoms. The Hall–Kier alpha value is -2.58. The molecule has 0 fully saturated rings. The summed E-state index contributed by atoms with van der Waals surface area (Å²) in [6.45, 7) is 0. The third-order valence-electron chi connectivity index (χ3n) is 3.42. The molecule has 2 N–H and O–H groups in total. The lowest BCUT2D eigenvalue weighted by molar-refractivity contribution is -0.117. The number of nitrogens with zero attached hydrogens (tertiary/aromatic N) is 3. The topological polar surface area (TPSA) is 80.4 Å². The van der Waals surface area contributed by atoms with E-state index in [2.05, 4.69) is 31.8 Å². The molecule has 0 aliphatic heterocycles. The van der Waals surface area contributed by atoms with Crippen molar-refractivity contribution in [3.05, 3.63) is 63.7 Å². The molecular formula is C16H13BrClN5O2. The van der Waals surface area contributed by atoms with E-state index in [1.807, 2.05) is 18.2 Å². The lowest BCUT2D eigenvalue weighted by Gasteiger charge is -2.05. The van der Waals surface area contributed by atoms with E-state index in [-0.39, 0.29) is 5.15 Å². The Kier molecular flexibility index (Phi) is 4.91. The maximum absolute atomic E-state index is 12.0. The average molecular weight is 423 g/mol. The number of pyridine rings is 1. The molecule has 3 aromatic heterocycles. The van der Waals surface area contributed by atoms with Crippen LogP contribution in [0.2, 0.25) is 5.15 Å². The van der Waals surface area contributed by atoms with Crippen LogP contribution in [0.4, 0.5) is 0 Å². The van der Waals surface area contributed by atoms with Crippen molar-refractivity contribution in [1.29, 1.82) is 0 Å². The van der Waals surface area contributed by atoms with Gasteiger partial charge in [0, 0.05) is 30.0 Å². The van der Waals surface area contributed by atoms with Crippen molar-refractivity contribution in [2.24, 2.45) is 7.05 Å². The van der Waals surface area contributed by atoms with Gasteiger partial charge in [0.1, 0.15) is 11.3 Å². The van der Waals surface area contributed by atoms with Crippen LogP contribution in [0.3, 0.4) is 0 Å². The van der Waals surface area contributed by atoms with Crippen LogP contribution in [0, 0.1) is 0 Å². The number of aryl methyl sites for hydroxylation is 1. The van der Waals surface area contributed by atoms with Gasteiger partial charge >= 0.3 is 0 Å². The van der Waals surface area contributed by atoms with Gasteiger partial charge in [0.2, 0.25) is 0 Å². The summed E-state index contributed by atoms with van der Waals surface area (Å²) in [5.74, 6) is -0.925. The molecule has 128 valence electrons. The SMILES string of the molecule is Cn1cc(Br)cc1C(=O)NNC(=O)/C=C/c1c(Cl)nc2ccccn12. The molecule has 0 saturated carbocycles. The normalized spacial score (nSPS) is 11.2. The first kappa shape index (κ1) is 17.2. The van der Waals surface area contributed by atoms with Gasteiger partial charge in [0.05, 0.1) is 5.69 Å². The highest BCUT2D eigenvalue weighted by Gasteiger charge is 2.11. The standard InChI is InChI=1S/C16H13BrClN5O2/c1-22-9-10(17)8-12(22)16(25)21-20-14(24)6-5-11-15(18)19-13-4-2-3-7-23(11)13/h2-9H,1H3,(H,20,24)(H,21,25)/b6-5+. The number of hydrogen-bond donors (Lipinski definition) is 2. The molecule has 0 radical (unpaired) electrons.